The standard InChI is InChI=1S/2C24H20B.2C5H5.Zr/c2*1-5-13-21(14-6-1)25(22-15-7-2-8-16-22,23-17-9-3-10-18-23)24-19-11-4-12-20-24;2*1-2-4-5-3-1;/h2*1-20H;2*1-3H,4H2;/q4*-1;+4. The third-order valence-corrected chi connectivity index (χ3v) is 11.6. The van der Waals surface area contributed by atoms with Crippen molar-refractivity contribution in [3.63, 3.8) is 0 Å². The molecule has 0 spiro atoms. The molecular weight excluding hydrogens is 809 g/mol. The first kappa shape index (κ1) is 44.3. The summed E-state index contributed by atoms with van der Waals surface area (Å²) in [5.41, 5.74) is 10.7. The monoisotopic (exact) mass is 858 g/mol. The van der Waals surface area contributed by atoms with Gasteiger partial charge in [0.15, 0.2) is 0 Å². The number of benzene rings is 8. The molecule has 3 heteroatoms. The van der Waals surface area contributed by atoms with Gasteiger partial charge in [0, 0.05) is 0 Å². The van der Waals surface area contributed by atoms with Crippen molar-refractivity contribution in [3.05, 3.63) is 291 Å². The molecule has 2 aliphatic rings. The second kappa shape index (κ2) is 23.5. The van der Waals surface area contributed by atoms with Gasteiger partial charge in [0.05, 0.1) is 0 Å². The third kappa shape index (κ3) is 10.7. The van der Waals surface area contributed by atoms with E-state index in [1.54, 1.807) is 0 Å². The Morgan fingerprint density at radius 1 is 0.246 bits per heavy atom. The van der Waals surface area contributed by atoms with Gasteiger partial charge < -0.3 is 0 Å². The fourth-order valence-electron chi connectivity index (χ4n) is 8.92. The molecule has 0 fully saturated rings. The van der Waals surface area contributed by atoms with Crippen LogP contribution in [-0.4, -0.2) is 12.3 Å². The average Bonchev–Trinajstić information content (AvgIpc) is 4.15. The first-order valence-corrected chi connectivity index (χ1v) is 21.0. The topological polar surface area (TPSA) is 0 Å². The van der Waals surface area contributed by atoms with E-state index in [2.05, 4.69) is 267 Å². The number of rotatable bonds is 8. The molecule has 61 heavy (non-hydrogen) atoms. The first-order valence-electron chi connectivity index (χ1n) is 21.0. The molecule has 0 N–H and O–H groups in total. The third-order valence-electron chi connectivity index (χ3n) is 11.6. The van der Waals surface area contributed by atoms with E-state index in [1.165, 1.54) is 43.7 Å². The number of hydrogen-bond acceptors (Lipinski definition) is 0. The summed E-state index contributed by atoms with van der Waals surface area (Å²) in [6.07, 6.45) is 17.6. The van der Waals surface area contributed by atoms with E-state index in [0.29, 0.717) is 0 Å². The summed E-state index contributed by atoms with van der Waals surface area (Å²) in [6.45, 7) is 0. The molecule has 2 aliphatic carbocycles. The molecule has 8 aromatic carbocycles. The first-order chi connectivity index (χ1) is 29.8. The van der Waals surface area contributed by atoms with Crippen molar-refractivity contribution in [2.24, 2.45) is 0 Å². The molecule has 0 atom stereocenters. The van der Waals surface area contributed by atoms with Crippen LogP contribution in [0.15, 0.2) is 279 Å². The Labute approximate surface area is 383 Å². The molecule has 0 bridgehead atoms. The van der Waals surface area contributed by atoms with E-state index in [1.807, 2.05) is 24.3 Å². The molecule has 0 nitrogen and oxygen atoms in total. The minimum absolute atomic E-state index is 0. The molecule has 0 unspecified atom stereocenters. The fourth-order valence-corrected chi connectivity index (χ4v) is 8.92. The Morgan fingerprint density at radius 3 is 0.508 bits per heavy atom. The normalized spacial score (nSPS) is 12.1. The molecule has 292 valence electrons. The minimum atomic E-state index is -1.22. The Balaban J connectivity index is 0.000000164. The van der Waals surface area contributed by atoms with Gasteiger partial charge in [-0.2, -0.15) is 55.9 Å². The summed E-state index contributed by atoms with van der Waals surface area (Å²) < 4.78 is 0. The van der Waals surface area contributed by atoms with Crippen molar-refractivity contribution in [2.75, 3.05) is 0 Å². The summed E-state index contributed by atoms with van der Waals surface area (Å²) in [4.78, 5) is 0. The van der Waals surface area contributed by atoms with Crippen LogP contribution < -0.4 is 43.7 Å². The summed E-state index contributed by atoms with van der Waals surface area (Å²) in [5, 5.41) is 0. The van der Waals surface area contributed by atoms with Gasteiger partial charge in [-0.15, -0.1) is 12.8 Å². The Bertz CT molecular complexity index is 2010. The molecule has 10 rings (SSSR count). The number of allylic oxidation sites excluding steroid dienone is 8. The van der Waals surface area contributed by atoms with Gasteiger partial charge in [-0.05, 0) is 0 Å². The van der Waals surface area contributed by atoms with Crippen molar-refractivity contribution in [1.29, 1.82) is 0 Å². The van der Waals surface area contributed by atoms with Gasteiger partial charge in [-0.3, -0.25) is 12.2 Å². The van der Waals surface area contributed by atoms with Crippen molar-refractivity contribution in [2.45, 2.75) is 12.8 Å². The van der Waals surface area contributed by atoms with Crippen LogP contribution >= 0.6 is 0 Å². The van der Waals surface area contributed by atoms with Gasteiger partial charge in [0.25, 0.3) is 0 Å². The van der Waals surface area contributed by atoms with Crippen LogP contribution in [0.25, 0.3) is 0 Å². The fraction of sp³-hybridized carbons (Fsp3) is 0.0345. The maximum atomic E-state index is 2.99. The molecule has 0 amide bonds. The Hall–Kier alpha value is -6.27. The van der Waals surface area contributed by atoms with E-state index in [-0.39, 0.29) is 26.2 Å². The van der Waals surface area contributed by atoms with Crippen molar-refractivity contribution in [1.82, 2.24) is 0 Å². The molecule has 0 heterocycles. The van der Waals surface area contributed by atoms with Crippen LogP contribution in [-0.2, 0) is 26.2 Å². The van der Waals surface area contributed by atoms with Crippen LogP contribution in [0.4, 0.5) is 0 Å². The largest absolute Gasteiger partial charge is 4.00 e. The van der Waals surface area contributed by atoms with Crippen LogP contribution in [0.1, 0.15) is 12.8 Å². The quantitative estimate of drug-likeness (QED) is 0.106. The second-order valence-electron chi connectivity index (χ2n) is 15.0. The SMILES string of the molecule is [C-]1=CC=CC1.[C-]1=CC=CC1.[Zr+4].c1ccc([B-](c2ccccc2)(c2ccccc2)c2ccccc2)cc1.c1ccc([B-](c2ccccc2)(c2ccccc2)c2ccccc2)cc1. The maximum Gasteiger partial charge on any atom is 4.00 e. The molecule has 0 radical (unpaired) electrons. The van der Waals surface area contributed by atoms with Crippen molar-refractivity contribution >= 4 is 56.0 Å². The van der Waals surface area contributed by atoms with Crippen LogP contribution in [0, 0.1) is 12.2 Å². The molecule has 8 aromatic rings. The molecular formula is C58H50B2Zr. The Kier molecular flexibility index (Phi) is 17.1. The summed E-state index contributed by atoms with van der Waals surface area (Å²) in [7, 11) is 0. The summed E-state index contributed by atoms with van der Waals surface area (Å²) in [5.74, 6) is 0. The number of hydrogen-bond donors (Lipinski definition) is 0. The molecule has 0 saturated heterocycles. The maximum absolute atomic E-state index is 2.99. The van der Waals surface area contributed by atoms with Crippen molar-refractivity contribution < 1.29 is 26.2 Å². The van der Waals surface area contributed by atoms with Gasteiger partial charge in [0.1, 0.15) is 12.3 Å². The zero-order valence-corrected chi connectivity index (χ0v) is 37.1. The summed E-state index contributed by atoms with van der Waals surface area (Å²) in [6, 6.07) is 87.1. The van der Waals surface area contributed by atoms with E-state index in [9.17, 15) is 0 Å². The van der Waals surface area contributed by atoms with Crippen LogP contribution in [0.5, 0.6) is 0 Å². The van der Waals surface area contributed by atoms with Crippen LogP contribution in [0.3, 0.4) is 0 Å². The van der Waals surface area contributed by atoms with E-state index >= 15 is 0 Å². The molecule has 0 aromatic heterocycles. The zero-order chi connectivity index (χ0) is 41.0. The predicted octanol–water partition coefficient (Wildman–Crippen LogP) is 8.74. The van der Waals surface area contributed by atoms with E-state index in [4.69, 9.17) is 0 Å². The second-order valence-corrected chi connectivity index (χ2v) is 15.0. The van der Waals surface area contributed by atoms with Gasteiger partial charge in [0.2, 0.25) is 0 Å². The Morgan fingerprint density at radius 2 is 0.410 bits per heavy atom. The minimum Gasteiger partial charge on any atom is -0.273 e. The average molecular weight is 860 g/mol. The molecule has 0 saturated carbocycles. The summed E-state index contributed by atoms with van der Waals surface area (Å²) >= 11 is 0. The van der Waals surface area contributed by atoms with Gasteiger partial charge in [-0.25, -0.2) is 24.3 Å². The van der Waals surface area contributed by atoms with E-state index in [0.717, 1.165) is 12.8 Å². The van der Waals surface area contributed by atoms with Gasteiger partial charge >= 0.3 is 26.2 Å². The smallest absolute Gasteiger partial charge is 0.273 e. The zero-order valence-electron chi connectivity index (χ0n) is 34.6. The van der Waals surface area contributed by atoms with Gasteiger partial charge in [-0.1, -0.05) is 243 Å². The molecule has 0 aliphatic heterocycles. The van der Waals surface area contributed by atoms with E-state index < -0.39 is 12.3 Å². The van der Waals surface area contributed by atoms with Crippen LogP contribution in [0.2, 0.25) is 0 Å². The predicted molar refractivity (Wildman–Crippen MR) is 263 cm³/mol. The van der Waals surface area contributed by atoms with Crippen molar-refractivity contribution in [3.8, 4) is 0 Å².